The molecule has 2 aromatic carbocycles. The van der Waals surface area contributed by atoms with Crippen molar-refractivity contribution in [2.45, 2.75) is 32.7 Å². The molecule has 0 amide bonds. The van der Waals surface area contributed by atoms with E-state index in [1.165, 1.54) is 22.8 Å². The molecule has 0 aliphatic rings. The number of benzene rings is 2. The van der Waals surface area contributed by atoms with Crippen LogP contribution in [0.25, 0.3) is 0 Å². The Labute approximate surface area is 119 Å². The zero-order valence-electron chi connectivity index (χ0n) is 12.0. The zero-order valence-corrected chi connectivity index (χ0v) is 12.0. The topological polar surface area (TPSA) is 38.0 Å². The van der Waals surface area contributed by atoms with Gasteiger partial charge in [0.25, 0.3) is 0 Å². The highest BCUT2D eigenvalue weighted by Gasteiger charge is 2.12. The van der Waals surface area contributed by atoms with Crippen LogP contribution in [-0.4, -0.2) is 6.04 Å². The minimum absolute atomic E-state index is 0.0222. The summed E-state index contributed by atoms with van der Waals surface area (Å²) in [6, 6.07) is 13.2. The van der Waals surface area contributed by atoms with Crippen LogP contribution in [0, 0.1) is 19.7 Å². The van der Waals surface area contributed by atoms with E-state index in [0.717, 1.165) is 6.42 Å². The molecule has 3 heteroatoms. The van der Waals surface area contributed by atoms with Gasteiger partial charge in [0, 0.05) is 6.04 Å². The molecule has 3 N–H and O–H groups in total. The summed E-state index contributed by atoms with van der Waals surface area (Å²) in [7, 11) is 0. The van der Waals surface area contributed by atoms with Gasteiger partial charge in [-0.2, -0.15) is 0 Å². The predicted octanol–water partition coefficient (Wildman–Crippen LogP) is 3.06. The lowest BCUT2D eigenvalue weighted by Crippen LogP contribution is -2.38. The Balaban J connectivity index is 2.09. The van der Waals surface area contributed by atoms with Crippen molar-refractivity contribution in [3.05, 3.63) is 70.5 Å². The van der Waals surface area contributed by atoms with Crippen LogP contribution in [0.3, 0.4) is 0 Å². The molecule has 0 radical (unpaired) electrons. The molecule has 0 fully saturated rings. The van der Waals surface area contributed by atoms with Gasteiger partial charge < -0.3 is 0 Å². The van der Waals surface area contributed by atoms with Gasteiger partial charge in [0.15, 0.2) is 0 Å². The molecule has 1 unspecified atom stereocenters. The van der Waals surface area contributed by atoms with E-state index < -0.39 is 0 Å². The molecule has 0 saturated carbocycles. The summed E-state index contributed by atoms with van der Waals surface area (Å²) in [6.07, 6.45) is 1.36. The van der Waals surface area contributed by atoms with Gasteiger partial charge in [-0.25, -0.2) is 4.39 Å². The van der Waals surface area contributed by atoms with Crippen molar-refractivity contribution in [3.63, 3.8) is 0 Å². The Hall–Kier alpha value is -1.71. The summed E-state index contributed by atoms with van der Waals surface area (Å²) >= 11 is 0. The first-order chi connectivity index (χ1) is 9.60. The number of hydrogen-bond acceptors (Lipinski definition) is 2. The SMILES string of the molecule is Cc1ccc(CC(Cc2ccccc2F)NN)cc1C. The average molecular weight is 272 g/mol. The Kier molecular flexibility index (Phi) is 4.88. The molecule has 0 aliphatic heterocycles. The highest BCUT2D eigenvalue weighted by molar-refractivity contribution is 5.30. The van der Waals surface area contributed by atoms with Gasteiger partial charge >= 0.3 is 0 Å². The van der Waals surface area contributed by atoms with Gasteiger partial charge in [-0.3, -0.25) is 11.3 Å². The van der Waals surface area contributed by atoms with Gasteiger partial charge in [0.2, 0.25) is 0 Å². The van der Waals surface area contributed by atoms with Crippen LogP contribution in [0.2, 0.25) is 0 Å². The van der Waals surface area contributed by atoms with Crippen molar-refractivity contribution < 1.29 is 4.39 Å². The van der Waals surface area contributed by atoms with E-state index in [9.17, 15) is 4.39 Å². The fraction of sp³-hybridized carbons (Fsp3) is 0.294. The van der Waals surface area contributed by atoms with Crippen molar-refractivity contribution >= 4 is 0 Å². The molecule has 20 heavy (non-hydrogen) atoms. The van der Waals surface area contributed by atoms with Crippen LogP contribution in [0.4, 0.5) is 4.39 Å². The number of halogens is 1. The van der Waals surface area contributed by atoms with Crippen molar-refractivity contribution in [3.8, 4) is 0 Å². The van der Waals surface area contributed by atoms with E-state index in [1.54, 1.807) is 12.1 Å². The van der Waals surface area contributed by atoms with E-state index in [4.69, 9.17) is 5.84 Å². The molecule has 2 rings (SSSR count). The lowest BCUT2D eigenvalue weighted by atomic mass is 9.97. The molecule has 0 spiro atoms. The fourth-order valence-electron chi connectivity index (χ4n) is 2.33. The van der Waals surface area contributed by atoms with E-state index >= 15 is 0 Å². The van der Waals surface area contributed by atoms with Crippen LogP contribution in [0.15, 0.2) is 42.5 Å². The maximum absolute atomic E-state index is 13.7. The fourth-order valence-corrected chi connectivity index (χ4v) is 2.33. The number of nitrogens with two attached hydrogens (primary N) is 1. The molecule has 106 valence electrons. The van der Waals surface area contributed by atoms with Crippen LogP contribution >= 0.6 is 0 Å². The maximum atomic E-state index is 13.7. The molecule has 0 saturated heterocycles. The van der Waals surface area contributed by atoms with Gasteiger partial charge in [-0.1, -0.05) is 36.4 Å². The van der Waals surface area contributed by atoms with Gasteiger partial charge in [-0.05, 0) is 55.0 Å². The summed E-state index contributed by atoms with van der Waals surface area (Å²) in [6.45, 7) is 4.19. The Morgan fingerprint density at radius 2 is 1.80 bits per heavy atom. The number of hydrogen-bond donors (Lipinski definition) is 2. The third-order valence-corrected chi connectivity index (χ3v) is 3.71. The second-order valence-electron chi connectivity index (χ2n) is 5.28. The van der Waals surface area contributed by atoms with Crippen molar-refractivity contribution in [1.82, 2.24) is 5.43 Å². The summed E-state index contributed by atoms with van der Waals surface area (Å²) in [4.78, 5) is 0. The number of aryl methyl sites for hydroxylation is 2. The monoisotopic (exact) mass is 272 g/mol. The third-order valence-electron chi connectivity index (χ3n) is 3.71. The minimum atomic E-state index is -0.173. The quantitative estimate of drug-likeness (QED) is 0.648. The molecule has 0 heterocycles. The maximum Gasteiger partial charge on any atom is 0.126 e. The second-order valence-corrected chi connectivity index (χ2v) is 5.28. The lowest BCUT2D eigenvalue weighted by molar-refractivity contribution is 0.506. The molecule has 2 nitrogen and oxygen atoms in total. The van der Waals surface area contributed by atoms with Crippen molar-refractivity contribution in [2.24, 2.45) is 5.84 Å². The van der Waals surface area contributed by atoms with Crippen LogP contribution in [0.5, 0.6) is 0 Å². The summed E-state index contributed by atoms with van der Waals surface area (Å²) in [5, 5.41) is 0. The molecular formula is C17H21FN2. The highest BCUT2D eigenvalue weighted by Crippen LogP contribution is 2.15. The average Bonchev–Trinajstić information content (AvgIpc) is 2.44. The van der Waals surface area contributed by atoms with E-state index in [-0.39, 0.29) is 11.9 Å². The third kappa shape index (κ3) is 3.65. The molecule has 0 aromatic heterocycles. The Morgan fingerprint density at radius 3 is 2.45 bits per heavy atom. The van der Waals surface area contributed by atoms with E-state index in [0.29, 0.717) is 12.0 Å². The van der Waals surface area contributed by atoms with E-state index in [2.05, 4.69) is 37.5 Å². The van der Waals surface area contributed by atoms with Crippen LogP contribution in [-0.2, 0) is 12.8 Å². The molecule has 2 aromatic rings. The number of hydrazine groups is 1. The first-order valence-corrected chi connectivity index (χ1v) is 6.86. The van der Waals surface area contributed by atoms with Gasteiger partial charge in [0.1, 0.15) is 5.82 Å². The van der Waals surface area contributed by atoms with Gasteiger partial charge in [-0.15, -0.1) is 0 Å². The molecule has 1 atom stereocenters. The first-order valence-electron chi connectivity index (χ1n) is 6.86. The van der Waals surface area contributed by atoms with Crippen molar-refractivity contribution in [1.29, 1.82) is 0 Å². The summed E-state index contributed by atoms with van der Waals surface area (Å²) < 4.78 is 13.7. The minimum Gasteiger partial charge on any atom is -0.271 e. The molecule has 0 bridgehead atoms. The van der Waals surface area contributed by atoms with Crippen LogP contribution < -0.4 is 11.3 Å². The predicted molar refractivity (Wildman–Crippen MR) is 80.8 cm³/mol. The standard InChI is InChI=1S/C17H21FN2/c1-12-7-8-14(9-13(12)2)10-16(20-19)11-15-5-3-4-6-17(15)18/h3-9,16,20H,10-11,19H2,1-2H3. The van der Waals surface area contributed by atoms with Crippen LogP contribution in [0.1, 0.15) is 22.3 Å². The number of nitrogens with one attached hydrogen (secondary N) is 1. The number of rotatable bonds is 5. The normalized spacial score (nSPS) is 12.4. The smallest absolute Gasteiger partial charge is 0.126 e. The Bertz CT molecular complexity index is 581. The first kappa shape index (κ1) is 14.7. The summed E-state index contributed by atoms with van der Waals surface area (Å²) in [5.41, 5.74) is 7.25. The van der Waals surface area contributed by atoms with Crippen molar-refractivity contribution in [2.75, 3.05) is 0 Å². The van der Waals surface area contributed by atoms with Gasteiger partial charge in [0.05, 0.1) is 0 Å². The van der Waals surface area contributed by atoms with E-state index in [1.807, 2.05) is 6.07 Å². The second kappa shape index (κ2) is 6.64. The molecule has 0 aliphatic carbocycles. The lowest BCUT2D eigenvalue weighted by Gasteiger charge is -2.17. The Morgan fingerprint density at radius 1 is 1.05 bits per heavy atom. The largest absolute Gasteiger partial charge is 0.271 e. The molecular weight excluding hydrogens is 251 g/mol. The summed E-state index contributed by atoms with van der Waals surface area (Å²) in [5.74, 6) is 5.44. The highest BCUT2D eigenvalue weighted by atomic mass is 19.1. The zero-order chi connectivity index (χ0) is 14.5.